The van der Waals surface area contributed by atoms with Gasteiger partial charge in [0.1, 0.15) is 0 Å². The minimum absolute atomic E-state index is 0.175. The van der Waals surface area contributed by atoms with Gasteiger partial charge in [0.05, 0.1) is 11.3 Å². The van der Waals surface area contributed by atoms with Crippen LogP contribution in [0.5, 0.6) is 0 Å². The van der Waals surface area contributed by atoms with Gasteiger partial charge < -0.3 is 9.67 Å². The molecule has 132 valence electrons. The fourth-order valence-corrected chi connectivity index (χ4v) is 3.01. The number of carboxylic acid groups (broad SMARTS) is 1. The summed E-state index contributed by atoms with van der Waals surface area (Å²) < 4.78 is 1.48. The first-order valence-electron chi connectivity index (χ1n) is 8.52. The van der Waals surface area contributed by atoms with Crippen molar-refractivity contribution < 1.29 is 9.90 Å². The molecule has 0 atom stereocenters. The number of rotatable bonds is 4. The standard InChI is InChI=1S/C22H21NO3/c1-14(2)15-8-10-16(11-9-15)17-12-20(23(3)21(24)13-17)18-6-4-5-7-19(18)22(25)26/h4-14H,1-3H3,(H,25,26). The molecule has 0 aliphatic rings. The molecule has 4 nitrogen and oxygen atoms in total. The zero-order valence-electron chi connectivity index (χ0n) is 15.1. The second-order valence-corrected chi connectivity index (χ2v) is 6.65. The van der Waals surface area contributed by atoms with Crippen molar-refractivity contribution in [1.29, 1.82) is 0 Å². The molecule has 0 aliphatic carbocycles. The molecule has 0 fully saturated rings. The van der Waals surface area contributed by atoms with E-state index < -0.39 is 5.97 Å². The molecule has 0 amide bonds. The molecule has 3 aromatic rings. The summed E-state index contributed by atoms with van der Waals surface area (Å²) in [5.74, 6) is -0.578. The highest BCUT2D eigenvalue weighted by Crippen LogP contribution is 2.28. The van der Waals surface area contributed by atoms with Gasteiger partial charge in [0.25, 0.3) is 5.56 Å². The van der Waals surface area contributed by atoms with Crippen LogP contribution in [0.25, 0.3) is 22.4 Å². The van der Waals surface area contributed by atoms with Crippen molar-refractivity contribution in [3.8, 4) is 22.4 Å². The van der Waals surface area contributed by atoms with Crippen molar-refractivity contribution in [2.45, 2.75) is 19.8 Å². The van der Waals surface area contributed by atoms with Crippen LogP contribution in [-0.2, 0) is 7.05 Å². The largest absolute Gasteiger partial charge is 0.478 e. The van der Waals surface area contributed by atoms with Gasteiger partial charge >= 0.3 is 5.97 Å². The Kier molecular flexibility index (Phi) is 4.76. The first kappa shape index (κ1) is 17.7. The van der Waals surface area contributed by atoms with Crippen LogP contribution in [0.4, 0.5) is 0 Å². The molecule has 0 saturated heterocycles. The lowest BCUT2D eigenvalue weighted by molar-refractivity contribution is 0.0697. The molecule has 2 aromatic carbocycles. The fraction of sp³-hybridized carbons (Fsp3) is 0.182. The fourth-order valence-electron chi connectivity index (χ4n) is 3.01. The van der Waals surface area contributed by atoms with Gasteiger partial charge in [-0.2, -0.15) is 0 Å². The van der Waals surface area contributed by atoms with Crippen LogP contribution in [-0.4, -0.2) is 15.6 Å². The average molecular weight is 347 g/mol. The number of benzene rings is 2. The Morgan fingerprint density at radius 2 is 1.62 bits per heavy atom. The molecule has 0 aliphatic heterocycles. The highest BCUT2D eigenvalue weighted by Gasteiger charge is 2.15. The van der Waals surface area contributed by atoms with E-state index in [-0.39, 0.29) is 11.1 Å². The number of pyridine rings is 1. The predicted molar refractivity (Wildman–Crippen MR) is 104 cm³/mol. The van der Waals surface area contributed by atoms with Gasteiger partial charge in [0.15, 0.2) is 0 Å². The van der Waals surface area contributed by atoms with Crippen molar-refractivity contribution in [2.75, 3.05) is 0 Å². The van der Waals surface area contributed by atoms with E-state index in [0.717, 1.165) is 11.1 Å². The number of nitrogens with zero attached hydrogens (tertiary/aromatic N) is 1. The van der Waals surface area contributed by atoms with E-state index in [4.69, 9.17) is 0 Å². The number of carboxylic acids is 1. The van der Waals surface area contributed by atoms with E-state index in [1.165, 1.54) is 10.1 Å². The van der Waals surface area contributed by atoms with Gasteiger partial charge in [-0.15, -0.1) is 0 Å². The first-order valence-corrected chi connectivity index (χ1v) is 8.52. The molecule has 0 unspecified atom stereocenters. The van der Waals surface area contributed by atoms with E-state index in [2.05, 4.69) is 26.0 Å². The summed E-state index contributed by atoms with van der Waals surface area (Å²) >= 11 is 0. The Labute approximate surface area is 152 Å². The highest BCUT2D eigenvalue weighted by atomic mass is 16.4. The maximum atomic E-state index is 12.5. The van der Waals surface area contributed by atoms with E-state index >= 15 is 0 Å². The molecule has 4 heteroatoms. The van der Waals surface area contributed by atoms with Crippen molar-refractivity contribution in [2.24, 2.45) is 7.05 Å². The lowest BCUT2D eigenvalue weighted by Gasteiger charge is -2.13. The number of hydrogen-bond acceptors (Lipinski definition) is 2. The lowest BCUT2D eigenvalue weighted by Crippen LogP contribution is -2.18. The van der Waals surface area contributed by atoms with Crippen molar-refractivity contribution in [3.63, 3.8) is 0 Å². The van der Waals surface area contributed by atoms with E-state index in [9.17, 15) is 14.7 Å². The summed E-state index contributed by atoms with van der Waals surface area (Å²) in [5, 5.41) is 9.47. The van der Waals surface area contributed by atoms with Gasteiger partial charge in [0.2, 0.25) is 0 Å². The lowest BCUT2D eigenvalue weighted by atomic mass is 9.97. The predicted octanol–water partition coefficient (Wildman–Crippen LogP) is 4.54. The molecule has 0 saturated carbocycles. The molecule has 0 radical (unpaired) electrons. The molecule has 1 N–H and O–H groups in total. The second kappa shape index (κ2) is 7.00. The molecule has 0 spiro atoms. The van der Waals surface area contributed by atoms with E-state index in [1.54, 1.807) is 37.4 Å². The number of aromatic nitrogens is 1. The topological polar surface area (TPSA) is 59.3 Å². The monoisotopic (exact) mass is 347 g/mol. The maximum absolute atomic E-state index is 12.5. The molecule has 1 aromatic heterocycles. The van der Waals surface area contributed by atoms with Crippen molar-refractivity contribution >= 4 is 5.97 Å². The minimum atomic E-state index is -1.01. The number of carbonyl (C=O) groups is 1. The Bertz CT molecular complexity index is 1010. The molecule has 1 heterocycles. The molecule has 3 rings (SSSR count). The third-order valence-electron chi connectivity index (χ3n) is 4.61. The van der Waals surface area contributed by atoms with Crippen LogP contribution in [0.2, 0.25) is 0 Å². The second-order valence-electron chi connectivity index (χ2n) is 6.65. The molecule has 26 heavy (non-hydrogen) atoms. The van der Waals surface area contributed by atoms with Crippen molar-refractivity contribution in [1.82, 2.24) is 4.57 Å². The Morgan fingerprint density at radius 1 is 0.962 bits per heavy atom. The Morgan fingerprint density at radius 3 is 2.23 bits per heavy atom. The van der Waals surface area contributed by atoms with Crippen LogP contribution in [0.1, 0.15) is 35.7 Å². The summed E-state index contributed by atoms with van der Waals surface area (Å²) in [6.07, 6.45) is 0. The number of hydrogen-bond donors (Lipinski definition) is 1. The summed E-state index contributed by atoms with van der Waals surface area (Å²) in [6.45, 7) is 4.27. The summed E-state index contributed by atoms with van der Waals surface area (Å²) in [5.41, 5.74) is 4.05. The van der Waals surface area contributed by atoms with Crippen LogP contribution < -0.4 is 5.56 Å². The van der Waals surface area contributed by atoms with Gasteiger partial charge in [-0.05, 0) is 34.7 Å². The third kappa shape index (κ3) is 3.31. The highest BCUT2D eigenvalue weighted by molar-refractivity contribution is 5.95. The number of aromatic carboxylic acids is 1. The summed E-state index contributed by atoms with van der Waals surface area (Å²) in [7, 11) is 1.65. The molecular formula is C22H21NO3. The van der Waals surface area contributed by atoms with Crippen molar-refractivity contribution in [3.05, 3.63) is 82.1 Å². The maximum Gasteiger partial charge on any atom is 0.336 e. The van der Waals surface area contributed by atoms with Crippen LogP contribution in [0, 0.1) is 0 Å². The Balaban J connectivity index is 2.18. The molecule has 0 bridgehead atoms. The zero-order valence-corrected chi connectivity index (χ0v) is 15.1. The van der Waals surface area contributed by atoms with E-state index in [0.29, 0.717) is 17.2 Å². The quantitative estimate of drug-likeness (QED) is 0.754. The van der Waals surface area contributed by atoms with Crippen LogP contribution in [0.3, 0.4) is 0 Å². The normalized spacial score (nSPS) is 10.9. The smallest absolute Gasteiger partial charge is 0.336 e. The van der Waals surface area contributed by atoms with E-state index in [1.807, 2.05) is 18.2 Å². The van der Waals surface area contributed by atoms with Gasteiger partial charge in [-0.3, -0.25) is 4.79 Å². The summed E-state index contributed by atoms with van der Waals surface area (Å²) in [4.78, 5) is 24.0. The molecular weight excluding hydrogens is 326 g/mol. The summed E-state index contributed by atoms with van der Waals surface area (Å²) in [6, 6.07) is 18.3. The third-order valence-corrected chi connectivity index (χ3v) is 4.61. The van der Waals surface area contributed by atoms with Crippen LogP contribution >= 0.6 is 0 Å². The SMILES string of the molecule is CC(C)c1ccc(-c2cc(-c3ccccc3C(=O)O)n(C)c(=O)c2)cc1. The average Bonchev–Trinajstić information content (AvgIpc) is 2.64. The van der Waals surface area contributed by atoms with Gasteiger partial charge in [0, 0.05) is 18.7 Å². The van der Waals surface area contributed by atoms with Gasteiger partial charge in [-0.25, -0.2) is 4.79 Å². The first-order chi connectivity index (χ1) is 12.4. The van der Waals surface area contributed by atoms with Crippen LogP contribution in [0.15, 0.2) is 65.5 Å². The Hall–Kier alpha value is -3.14. The van der Waals surface area contributed by atoms with Gasteiger partial charge in [-0.1, -0.05) is 56.3 Å². The zero-order chi connectivity index (χ0) is 18.8. The minimum Gasteiger partial charge on any atom is -0.478 e.